The highest BCUT2D eigenvalue weighted by atomic mass is 35.5. The predicted octanol–water partition coefficient (Wildman–Crippen LogP) is 6.46. The van der Waals surface area contributed by atoms with Crippen molar-refractivity contribution < 1.29 is 9.13 Å². The second kappa shape index (κ2) is 10.7. The summed E-state index contributed by atoms with van der Waals surface area (Å²) in [6.45, 7) is 3.38. The van der Waals surface area contributed by atoms with Crippen LogP contribution in [-0.2, 0) is 11.2 Å². The molecule has 5 heteroatoms. The molecule has 0 aliphatic heterocycles. The van der Waals surface area contributed by atoms with Crippen molar-refractivity contribution in [1.82, 2.24) is 5.32 Å². The fraction of sp³-hybridized carbons (Fsp3) is 0.250. The molecule has 152 valence electrons. The van der Waals surface area contributed by atoms with Gasteiger partial charge < -0.3 is 10.1 Å². The number of benzene rings is 3. The molecule has 0 aliphatic rings. The summed E-state index contributed by atoms with van der Waals surface area (Å²) in [5.74, 6) is -0.263. The van der Waals surface area contributed by atoms with Crippen LogP contribution in [0, 0.1) is 5.82 Å². The molecule has 2 atom stereocenters. The van der Waals surface area contributed by atoms with Crippen LogP contribution in [0.25, 0.3) is 0 Å². The molecule has 0 spiro atoms. The summed E-state index contributed by atoms with van der Waals surface area (Å²) < 4.78 is 19.5. The van der Waals surface area contributed by atoms with Gasteiger partial charge >= 0.3 is 0 Å². The van der Waals surface area contributed by atoms with E-state index in [9.17, 15) is 4.39 Å². The monoisotopic (exact) mass is 431 g/mol. The molecule has 0 fully saturated rings. The first-order valence-electron chi connectivity index (χ1n) is 9.61. The third kappa shape index (κ3) is 6.83. The Labute approximate surface area is 181 Å². The Hall–Kier alpha value is -1.91. The Morgan fingerprint density at radius 1 is 0.828 bits per heavy atom. The first-order valence-corrected chi connectivity index (χ1v) is 10.4. The molecule has 3 aromatic carbocycles. The molecule has 3 aromatic rings. The quantitative estimate of drug-likeness (QED) is 0.392. The van der Waals surface area contributed by atoms with Crippen molar-refractivity contribution in [2.45, 2.75) is 25.5 Å². The van der Waals surface area contributed by atoms with Crippen LogP contribution < -0.4 is 5.32 Å². The van der Waals surface area contributed by atoms with E-state index in [0.717, 1.165) is 22.6 Å². The number of nitrogens with one attached hydrogen (secondary N) is 1. The Bertz CT molecular complexity index is 837. The van der Waals surface area contributed by atoms with Gasteiger partial charge in [-0.25, -0.2) is 4.39 Å². The molecule has 0 saturated heterocycles. The number of ether oxygens (including phenoxy) is 1. The lowest BCUT2D eigenvalue weighted by atomic mass is 10.0. The van der Waals surface area contributed by atoms with Gasteiger partial charge in [0.25, 0.3) is 0 Å². The SMILES string of the molecule is C[C@@H](Cc1ccc(Cl)cc1)NCCO[C@@H](c1ccc(F)cc1)c1ccc(Cl)cc1. The van der Waals surface area contributed by atoms with Gasteiger partial charge in [0, 0.05) is 22.6 Å². The summed E-state index contributed by atoms with van der Waals surface area (Å²) in [4.78, 5) is 0. The zero-order chi connectivity index (χ0) is 20.6. The second-order valence-electron chi connectivity index (χ2n) is 7.04. The van der Waals surface area contributed by atoms with E-state index in [1.165, 1.54) is 17.7 Å². The van der Waals surface area contributed by atoms with Crippen LogP contribution in [0.2, 0.25) is 10.0 Å². The summed E-state index contributed by atoms with van der Waals surface area (Å²) in [5, 5.41) is 4.90. The van der Waals surface area contributed by atoms with E-state index in [1.54, 1.807) is 12.1 Å². The third-order valence-electron chi connectivity index (χ3n) is 4.68. The van der Waals surface area contributed by atoms with Gasteiger partial charge in [0.2, 0.25) is 0 Å². The first-order chi connectivity index (χ1) is 14.0. The number of hydrogen-bond donors (Lipinski definition) is 1. The largest absolute Gasteiger partial charge is 0.367 e. The maximum Gasteiger partial charge on any atom is 0.123 e. The summed E-state index contributed by atoms with van der Waals surface area (Å²) in [6, 6.07) is 22.2. The van der Waals surface area contributed by atoms with E-state index >= 15 is 0 Å². The highest BCUT2D eigenvalue weighted by molar-refractivity contribution is 6.30. The smallest absolute Gasteiger partial charge is 0.123 e. The van der Waals surface area contributed by atoms with E-state index in [4.69, 9.17) is 27.9 Å². The minimum Gasteiger partial charge on any atom is -0.367 e. The van der Waals surface area contributed by atoms with Crippen molar-refractivity contribution in [1.29, 1.82) is 0 Å². The van der Waals surface area contributed by atoms with Crippen LogP contribution in [-0.4, -0.2) is 19.2 Å². The van der Waals surface area contributed by atoms with Gasteiger partial charge in [0.15, 0.2) is 0 Å². The molecular formula is C24H24Cl2FNO. The van der Waals surface area contributed by atoms with E-state index < -0.39 is 0 Å². The van der Waals surface area contributed by atoms with Gasteiger partial charge in [-0.15, -0.1) is 0 Å². The zero-order valence-electron chi connectivity index (χ0n) is 16.2. The molecule has 0 radical (unpaired) electrons. The standard InChI is InChI=1S/C24H24Cl2FNO/c1-17(16-18-2-8-21(25)9-3-18)28-14-15-29-24(19-4-10-22(26)11-5-19)20-6-12-23(27)13-7-20/h2-13,17,24,28H,14-16H2,1H3/t17-,24+/m0/s1. The summed E-state index contributed by atoms with van der Waals surface area (Å²) in [7, 11) is 0. The lowest BCUT2D eigenvalue weighted by Crippen LogP contribution is -2.31. The summed E-state index contributed by atoms with van der Waals surface area (Å²) >= 11 is 12.0. The normalized spacial score (nSPS) is 13.2. The molecule has 0 unspecified atom stereocenters. The number of hydrogen-bond acceptors (Lipinski definition) is 2. The van der Waals surface area contributed by atoms with Gasteiger partial charge in [0.05, 0.1) is 6.61 Å². The lowest BCUT2D eigenvalue weighted by Gasteiger charge is -2.20. The maximum atomic E-state index is 13.3. The fourth-order valence-electron chi connectivity index (χ4n) is 3.19. The predicted molar refractivity (Wildman–Crippen MR) is 118 cm³/mol. The van der Waals surface area contributed by atoms with Gasteiger partial charge in [0.1, 0.15) is 11.9 Å². The minimum atomic E-state index is -0.277. The molecule has 3 rings (SSSR count). The molecule has 2 nitrogen and oxygen atoms in total. The summed E-state index contributed by atoms with van der Waals surface area (Å²) in [5.41, 5.74) is 3.12. The van der Waals surface area contributed by atoms with Gasteiger partial charge in [-0.3, -0.25) is 0 Å². The van der Waals surface area contributed by atoms with E-state index in [0.29, 0.717) is 24.2 Å². The van der Waals surface area contributed by atoms with Crippen LogP contribution in [0.15, 0.2) is 72.8 Å². The first kappa shape index (κ1) is 21.8. The van der Waals surface area contributed by atoms with Crippen LogP contribution >= 0.6 is 23.2 Å². The van der Waals surface area contributed by atoms with Crippen molar-refractivity contribution in [3.63, 3.8) is 0 Å². The zero-order valence-corrected chi connectivity index (χ0v) is 17.8. The molecular weight excluding hydrogens is 408 g/mol. The van der Waals surface area contributed by atoms with Crippen molar-refractivity contribution >= 4 is 23.2 Å². The minimum absolute atomic E-state index is 0.263. The Kier molecular flexibility index (Phi) is 8.08. The fourth-order valence-corrected chi connectivity index (χ4v) is 3.44. The molecule has 29 heavy (non-hydrogen) atoms. The maximum absolute atomic E-state index is 13.3. The molecule has 0 heterocycles. The van der Waals surface area contributed by atoms with Crippen LogP contribution in [0.5, 0.6) is 0 Å². The van der Waals surface area contributed by atoms with E-state index in [1.807, 2.05) is 48.5 Å². The molecule has 0 amide bonds. The molecule has 1 N–H and O–H groups in total. The van der Waals surface area contributed by atoms with Crippen LogP contribution in [0.1, 0.15) is 29.7 Å². The molecule has 0 bridgehead atoms. The average molecular weight is 432 g/mol. The highest BCUT2D eigenvalue weighted by Gasteiger charge is 2.15. The summed E-state index contributed by atoms with van der Waals surface area (Å²) in [6.07, 6.45) is 0.636. The van der Waals surface area contributed by atoms with Crippen LogP contribution in [0.4, 0.5) is 4.39 Å². The van der Waals surface area contributed by atoms with Crippen molar-refractivity contribution in [2.75, 3.05) is 13.2 Å². The molecule has 0 aromatic heterocycles. The highest BCUT2D eigenvalue weighted by Crippen LogP contribution is 2.27. The second-order valence-corrected chi connectivity index (χ2v) is 7.91. The van der Waals surface area contributed by atoms with Crippen molar-refractivity contribution in [3.05, 3.63) is 105 Å². The third-order valence-corrected chi connectivity index (χ3v) is 5.18. The van der Waals surface area contributed by atoms with E-state index in [-0.39, 0.29) is 11.9 Å². The average Bonchev–Trinajstić information content (AvgIpc) is 2.72. The van der Waals surface area contributed by atoms with Crippen molar-refractivity contribution in [3.8, 4) is 0 Å². The molecule has 0 aliphatic carbocycles. The Balaban J connectivity index is 1.56. The van der Waals surface area contributed by atoms with Gasteiger partial charge in [-0.05, 0) is 66.4 Å². The van der Waals surface area contributed by atoms with Gasteiger partial charge in [-0.2, -0.15) is 0 Å². The number of halogens is 3. The van der Waals surface area contributed by atoms with Gasteiger partial charge in [-0.1, -0.05) is 59.6 Å². The Morgan fingerprint density at radius 3 is 1.93 bits per heavy atom. The number of rotatable bonds is 9. The molecule has 0 saturated carbocycles. The topological polar surface area (TPSA) is 21.3 Å². The van der Waals surface area contributed by atoms with E-state index in [2.05, 4.69) is 12.2 Å². The van der Waals surface area contributed by atoms with Crippen LogP contribution in [0.3, 0.4) is 0 Å². The Morgan fingerprint density at radius 2 is 1.34 bits per heavy atom. The lowest BCUT2D eigenvalue weighted by molar-refractivity contribution is 0.0808. The van der Waals surface area contributed by atoms with Crippen molar-refractivity contribution in [2.24, 2.45) is 0 Å².